The van der Waals surface area contributed by atoms with E-state index in [4.69, 9.17) is 28.9 Å². The lowest BCUT2D eigenvalue weighted by Crippen LogP contribution is -1.98. The highest BCUT2D eigenvalue weighted by Crippen LogP contribution is 2.33. The highest BCUT2D eigenvalue weighted by molar-refractivity contribution is 6.39. The van der Waals surface area contributed by atoms with Gasteiger partial charge in [-0.15, -0.1) is 0 Å². The summed E-state index contributed by atoms with van der Waals surface area (Å²) in [7, 11) is 0. The fraction of sp³-hybridized carbons (Fsp3) is 0. The van der Waals surface area contributed by atoms with Crippen molar-refractivity contribution in [2.75, 3.05) is 11.1 Å². The Morgan fingerprint density at radius 3 is 2.29 bits per heavy atom. The fourth-order valence-electron chi connectivity index (χ4n) is 1.19. The Morgan fingerprint density at radius 1 is 1.12 bits per heavy atom. The monoisotopic (exact) mass is 272 g/mol. The van der Waals surface area contributed by atoms with Gasteiger partial charge in [0, 0.05) is 0 Å². The van der Waals surface area contributed by atoms with Gasteiger partial charge in [0.05, 0.1) is 28.1 Å². The van der Waals surface area contributed by atoms with Crippen molar-refractivity contribution in [3.8, 4) is 0 Å². The van der Waals surface area contributed by atoms with Crippen molar-refractivity contribution < 1.29 is 4.39 Å². The molecule has 0 unspecified atom stereocenters. The average Bonchev–Trinajstić information content (AvgIpc) is 2.26. The zero-order chi connectivity index (χ0) is 12.4. The van der Waals surface area contributed by atoms with Gasteiger partial charge in [0.1, 0.15) is 17.5 Å². The van der Waals surface area contributed by atoms with Crippen LogP contribution in [0, 0.1) is 5.82 Å². The van der Waals surface area contributed by atoms with Crippen molar-refractivity contribution in [1.29, 1.82) is 0 Å². The van der Waals surface area contributed by atoms with Crippen molar-refractivity contribution in [3.63, 3.8) is 0 Å². The zero-order valence-corrected chi connectivity index (χ0v) is 9.93. The highest BCUT2D eigenvalue weighted by atomic mass is 35.5. The quantitative estimate of drug-likeness (QED) is 0.881. The first kappa shape index (κ1) is 11.9. The van der Waals surface area contributed by atoms with Crippen LogP contribution in [0.4, 0.5) is 21.7 Å². The van der Waals surface area contributed by atoms with Crippen LogP contribution in [-0.4, -0.2) is 9.97 Å². The molecule has 0 spiro atoms. The molecular weight excluding hydrogens is 266 g/mol. The minimum Gasteiger partial charge on any atom is -0.382 e. The van der Waals surface area contributed by atoms with Crippen LogP contribution < -0.4 is 11.1 Å². The van der Waals surface area contributed by atoms with Crippen LogP contribution in [0.15, 0.2) is 24.5 Å². The first-order valence-corrected chi connectivity index (χ1v) is 5.31. The highest BCUT2D eigenvalue weighted by Gasteiger charge is 2.09. The van der Waals surface area contributed by atoms with Gasteiger partial charge in [-0.1, -0.05) is 23.2 Å². The predicted molar refractivity (Wildman–Crippen MR) is 66.1 cm³/mol. The van der Waals surface area contributed by atoms with Crippen LogP contribution in [0.5, 0.6) is 0 Å². The number of nitrogens with two attached hydrogens (primary N) is 1. The number of benzene rings is 1. The van der Waals surface area contributed by atoms with E-state index in [1.807, 2.05) is 0 Å². The topological polar surface area (TPSA) is 63.8 Å². The number of rotatable bonds is 2. The van der Waals surface area contributed by atoms with Crippen LogP contribution in [-0.2, 0) is 0 Å². The molecule has 0 fully saturated rings. The Labute approximate surface area is 107 Å². The first-order valence-electron chi connectivity index (χ1n) is 4.55. The van der Waals surface area contributed by atoms with E-state index >= 15 is 0 Å². The molecule has 4 nitrogen and oxygen atoms in total. The molecule has 3 N–H and O–H groups in total. The van der Waals surface area contributed by atoms with Gasteiger partial charge in [-0.3, -0.25) is 0 Å². The normalized spacial score (nSPS) is 10.3. The summed E-state index contributed by atoms with van der Waals surface area (Å²) >= 11 is 11.7. The van der Waals surface area contributed by atoms with E-state index in [-0.39, 0.29) is 10.0 Å². The Hall–Kier alpha value is -1.59. The summed E-state index contributed by atoms with van der Waals surface area (Å²) in [5.41, 5.74) is 5.77. The minimum absolute atomic E-state index is 0.161. The molecule has 0 saturated carbocycles. The molecule has 1 heterocycles. The Bertz CT molecular complexity index is 521. The number of anilines is 3. The van der Waals surface area contributed by atoms with E-state index in [0.717, 1.165) is 12.1 Å². The molecule has 7 heteroatoms. The van der Waals surface area contributed by atoms with Gasteiger partial charge in [0.2, 0.25) is 0 Å². The van der Waals surface area contributed by atoms with Gasteiger partial charge >= 0.3 is 0 Å². The molecule has 17 heavy (non-hydrogen) atoms. The van der Waals surface area contributed by atoms with E-state index < -0.39 is 5.82 Å². The van der Waals surface area contributed by atoms with Crippen LogP contribution in [0.3, 0.4) is 0 Å². The third-order valence-electron chi connectivity index (χ3n) is 1.93. The van der Waals surface area contributed by atoms with E-state index in [1.165, 1.54) is 12.4 Å². The zero-order valence-electron chi connectivity index (χ0n) is 8.42. The largest absolute Gasteiger partial charge is 0.382 e. The lowest BCUT2D eigenvalue weighted by atomic mass is 10.3. The van der Waals surface area contributed by atoms with Crippen molar-refractivity contribution in [2.24, 2.45) is 0 Å². The molecular formula is C10H7Cl2FN4. The van der Waals surface area contributed by atoms with Crippen molar-refractivity contribution >= 4 is 40.5 Å². The summed E-state index contributed by atoms with van der Waals surface area (Å²) < 4.78 is 13.0. The van der Waals surface area contributed by atoms with E-state index in [1.54, 1.807) is 0 Å². The van der Waals surface area contributed by atoms with Crippen LogP contribution in [0.2, 0.25) is 10.0 Å². The van der Waals surface area contributed by atoms with E-state index in [0.29, 0.717) is 17.3 Å². The minimum atomic E-state index is -0.506. The molecule has 0 saturated heterocycles. The molecule has 0 amide bonds. The molecule has 0 aliphatic rings. The second-order valence-electron chi connectivity index (χ2n) is 3.20. The summed E-state index contributed by atoms with van der Waals surface area (Å²) in [4.78, 5) is 7.81. The lowest BCUT2D eigenvalue weighted by molar-refractivity contribution is 0.628. The molecule has 0 atom stereocenters. The summed E-state index contributed by atoms with van der Waals surface area (Å²) in [5, 5.41) is 3.16. The number of nitrogen functional groups attached to an aromatic ring is 1. The molecule has 1 aromatic heterocycles. The second kappa shape index (κ2) is 4.73. The average molecular weight is 273 g/mol. The smallest absolute Gasteiger partial charge is 0.149 e. The molecule has 0 aliphatic heterocycles. The van der Waals surface area contributed by atoms with E-state index in [9.17, 15) is 4.39 Å². The van der Waals surface area contributed by atoms with Crippen molar-refractivity contribution in [1.82, 2.24) is 9.97 Å². The maximum absolute atomic E-state index is 13.0. The molecule has 2 rings (SSSR count). The standard InChI is InChI=1S/C10H7Cl2FN4/c11-6-1-5(13)2-7(12)10(6)17-9-4-15-8(14)3-16-9/h1-4H,(H2,14,15)(H,16,17). The lowest BCUT2D eigenvalue weighted by Gasteiger charge is -2.09. The van der Waals surface area contributed by atoms with Gasteiger partial charge in [-0.05, 0) is 12.1 Å². The van der Waals surface area contributed by atoms with Crippen LogP contribution >= 0.6 is 23.2 Å². The summed E-state index contributed by atoms with van der Waals surface area (Å²) in [6, 6.07) is 2.31. The summed E-state index contributed by atoms with van der Waals surface area (Å²) in [6.45, 7) is 0. The third kappa shape index (κ3) is 2.75. The van der Waals surface area contributed by atoms with Gasteiger partial charge < -0.3 is 11.1 Å². The SMILES string of the molecule is Nc1cnc(Nc2c(Cl)cc(F)cc2Cl)cn1. The van der Waals surface area contributed by atoms with Crippen LogP contribution in [0.1, 0.15) is 0 Å². The van der Waals surface area contributed by atoms with E-state index in [2.05, 4.69) is 15.3 Å². The Kier molecular flexibility index (Phi) is 3.31. The molecule has 2 aromatic rings. The maximum Gasteiger partial charge on any atom is 0.149 e. The Balaban J connectivity index is 2.33. The van der Waals surface area contributed by atoms with Gasteiger partial charge in [0.25, 0.3) is 0 Å². The first-order chi connectivity index (χ1) is 8.06. The fourth-order valence-corrected chi connectivity index (χ4v) is 1.75. The molecule has 1 aromatic carbocycles. The maximum atomic E-state index is 13.0. The third-order valence-corrected chi connectivity index (χ3v) is 2.53. The number of nitrogens with zero attached hydrogens (tertiary/aromatic N) is 2. The number of hydrogen-bond acceptors (Lipinski definition) is 4. The number of aromatic nitrogens is 2. The second-order valence-corrected chi connectivity index (χ2v) is 4.01. The predicted octanol–water partition coefficient (Wildman–Crippen LogP) is 3.25. The van der Waals surface area contributed by atoms with Gasteiger partial charge in [0.15, 0.2) is 0 Å². The van der Waals surface area contributed by atoms with Gasteiger partial charge in [-0.25, -0.2) is 14.4 Å². The van der Waals surface area contributed by atoms with Crippen molar-refractivity contribution in [2.45, 2.75) is 0 Å². The number of nitrogens with one attached hydrogen (secondary N) is 1. The molecule has 0 bridgehead atoms. The van der Waals surface area contributed by atoms with Gasteiger partial charge in [-0.2, -0.15) is 0 Å². The molecule has 0 aliphatic carbocycles. The Morgan fingerprint density at radius 2 is 1.76 bits per heavy atom. The molecule has 0 radical (unpaired) electrons. The summed E-state index contributed by atoms with van der Waals surface area (Å²) in [6.07, 6.45) is 2.80. The van der Waals surface area contributed by atoms with Crippen LogP contribution in [0.25, 0.3) is 0 Å². The summed E-state index contributed by atoms with van der Waals surface area (Å²) in [5.74, 6) is 0.204. The number of hydrogen-bond donors (Lipinski definition) is 2. The van der Waals surface area contributed by atoms with Crippen molar-refractivity contribution in [3.05, 3.63) is 40.4 Å². The molecule has 88 valence electrons. The number of halogens is 3.